The van der Waals surface area contributed by atoms with Crippen LogP contribution < -0.4 is 16.2 Å². The van der Waals surface area contributed by atoms with Crippen molar-refractivity contribution in [2.45, 2.75) is 6.10 Å². The molecule has 16 heavy (non-hydrogen) atoms. The number of hydrogen-bond acceptors (Lipinski definition) is 6. The molecule has 1 unspecified atom stereocenters. The average molecular weight is 227 g/mol. The minimum atomic E-state index is -0.821. The van der Waals surface area contributed by atoms with Gasteiger partial charge >= 0.3 is 0 Å². The number of nitro groups is 1. The molecule has 0 amide bonds. The van der Waals surface area contributed by atoms with Crippen molar-refractivity contribution in [3.8, 4) is 5.75 Å². The highest BCUT2D eigenvalue weighted by molar-refractivity contribution is 5.57. The number of nitro benzene ring substituents is 1. The van der Waals surface area contributed by atoms with E-state index in [4.69, 9.17) is 21.3 Å². The van der Waals surface area contributed by atoms with Gasteiger partial charge in [0.15, 0.2) is 0 Å². The molecule has 7 nitrogen and oxygen atoms in total. The third-order valence-electron chi connectivity index (χ3n) is 1.91. The van der Waals surface area contributed by atoms with Gasteiger partial charge in [0.05, 0.1) is 16.7 Å². The van der Waals surface area contributed by atoms with Crippen LogP contribution in [-0.2, 0) is 0 Å². The van der Waals surface area contributed by atoms with E-state index >= 15 is 0 Å². The van der Waals surface area contributed by atoms with Crippen LogP contribution in [0.25, 0.3) is 0 Å². The molecule has 0 radical (unpaired) electrons. The number of benzene rings is 1. The molecule has 0 aliphatic rings. The van der Waals surface area contributed by atoms with Crippen molar-refractivity contribution in [1.82, 2.24) is 0 Å². The summed E-state index contributed by atoms with van der Waals surface area (Å²) in [5.41, 5.74) is 10.9. The lowest BCUT2D eigenvalue weighted by molar-refractivity contribution is -0.384. The number of ether oxygens (including phenoxy) is 1. The van der Waals surface area contributed by atoms with E-state index in [0.717, 1.165) is 0 Å². The zero-order valence-electron chi connectivity index (χ0n) is 8.50. The van der Waals surface area contributed by atoms with Crippen molar-refractivity contribution in [2.24, 2.45) is 5.73 Å². The summed E-state index contributed by atoms with van der Waals surface area (Å²) in [4.78, 5) is 9.95. The number of nitrogens with two attached hydrogens (primary N) is 2. The molecule has 0 heterocycles. The Balaban J connectivity index is 2.78. The van der Waals surface area contributed by atoms with Gasteiger partial charge in [-0.25, -0.2) is 0 Å². The SMILES string of the molecule is NCC(O)COc1cc([N+](=O)[O-])ccc1N. The second-order valence-electron chi connectivity index (χ2n) is 3.18. The number of rotatable bonds is 5. The topological polar surface area (TPSA) is 125 Å². The first-order valence-corrected chi connectivity index (χ1v) is 4.59. The number of nitrogens with zero attached hydrogens (tertiary/aromatic N) is 1. The molecular formula is C9H13N3O4. The fourth-order valence-corrected chi connectivity index (χ4v) is 1.02. The summed E-state index contributed by atoms with van der Waals surface area (Å²) in [5, 5.41) is 19.7. The quantitative estimate of drug-likeness (QED) is 0.365. The zero-order chi connectivity index (χ0) is 12.1. The highest BCUT2D eigenvalue weighted by Gasteiger charge is 2.11. The Hall–Kier alpha value is -1.86. The van der Waals surface area contributed by atoms with Gasteiger partial charge in [0.25, 0.3) is 5.69 Å². The molecule has 1 aromatic carbocycles. The van der Waals surface area contributed by atoms with Crippen molar-refractivity contribution >= 4 is 11.4 Å². The number of nitrogen functional groups attached to an aromatic ring is 1. The van der Waals surface area contributed by atoms with Gasteiger partial charge in [-0.2, -0.15) is 0 Å². The summed E-state index contributed by atoms with van der Waals surface area (Å²) < 4.78 is 5.12. The molecule has 5 N–H and O–H groups in total. The van der Waals surface area contributed by atoms with E-state index in [1.165, 1.54) is 18.2 Å². The first-order valence-electron chi connectivity index (χ1n) is 4.59. The summed E-state index contributed by atoms with van der Waals surface area (Å²) in [6.07, 6.45) is -0.821. The van der Waals surface area contributed by atoms with Crippen LogP contribution in [0.4, 0.5) is 11.4 Å². The number of non-ortho nitro benzene ring substituents is 1. The van der Waals surface area contributed by atoms with Gasteiger partial charge in [0, 0.05) is 12.6 Å². The number of aliphatic hydroxyl groups excluding tert-OH is 1. The molecule has 0 aliphatic heterocycles. The van der Waals surface area contributed by atoms with Crippen molar-refractivity contribution in [3.63, 3.8) is 0 Å². The zero-order valence-corrected chi connectivity index (χ0v) is 8.50. The van der Waals surface area contributed by atoms with Gasteiger partial charge in [-0.1, -0.05) is 0 Å². The molecule has 1 rings (SSSR count). The van der Waals surface area contributed by atoms with Gasteiger partial charge in [-0.15, -0.1) is 0 Å². The Kier molecular flexibility index (Phi) is 4.03. The lowest BCUT2D eigenvalue weighted by Crippen LogP contribution is -2.26. The van der Waals surface area contributed by atoms with Crippen LogP contribution in [0.2, 0.25) is 0 Å². The minimum Gasteiger partial charge on any atom is -0.488 e. The van der Waals surface area contributed by atoms with Crippen LogP contribution in [0.5, 0.6) is 5.75 Å². The second-order valence-corrected chi connectivity index (χ2v) is 3.18. The molecule has 88 valence electrons. The third-order valence-corrected chi connectivity index (χ3v) is 1.91. The maximum absolute atomic E-state index is 10.5. The highest BCUT2D eigenvalue weighted by atomic mass is 16.6. The summed E-state index contributed by atoms with van der Waals surface area (Å²) in [7, 11) is 0. The van der Waals surface area contributed by atoms with Crippen molar-refractivity contribution in [3.05, 3.63) is 28.3 Å². The Bertz CT molecular complexity index is 383. The molecular weight excluding hydrogens is 214 g/mol. The van der Waals surface area contributed by atoms with Crippen LogP contribution in [0.1, 0.15) is 0 Å². The monoisotopic (exact) mass is 227 g/mol. The summed E-state index contributed by atoms with van der Waals surface area (Å²) in [5.74, 6) is 0.168. The molecule has 0 aromatic heterocycles. The summed E-state index contributed by atoms with van der Waals surface area (Å²) in [6.45, 7) is -0.00327. The van der Waals surface area contributed by atoms with Crippen LogP contribution in [0.3, 0.4) is 0 Å². The molecule has 0 spiro atoms. The largest absolute Gasteiger partial charge is 0.488 e. The van der Waals surface area contributed by atoms with Crippen LogP contribution >= 0.6 is 0 Å². The van der Waals surface area contributed by atoms with Gasteiger partial charge in [-0.3, -0.25) is 10.1 Å². The normalized spacial score (nSPS) is 12.1. The molecule has 1 atom stereocenters. The molecule has 0 fully saturated rings. The predicted octanol–water partition coefficient (Wildman–Crippen LogP) is -0.125. The average Bonchev–Trinajstić information content (AvgIpc) is 2.27. The van der Waals surface area contributed by atoms with Gasteiger partial charge in [0.1, 0.15) is 18.5 Å². The van der Waals surface area contributed by atoms with E-state index in [2.05, 4.69) is 0 Å². The Morgan fingerprint density at radius 2 is 2.25 bits per heavy atom. The fraction of sp³-hybridized carbons (Fsp3) is 0.333. The number of hydrogen-bond donors (Lipinski definition) is 3. The lowest BCUT2D eigenvalue weighted by Gasteiger charge is -2.11. The fourth-order valence-electron chi connectivity index (χ4n) is 1.02. The molecule has 0 bridgehead atoms. The lowest BCUT2D eigenvalue weighted by atomic mass is 10.2. The Morgan fingerprint density at radius 3 is 2.81 bits per heavy atom. The smallest absolute Gasteiger partial charge is 0.273 e. The van der Waals surface area contributed by atoms with Crippen LogP contribution in [-0.4, -0.2) is 29.3 Å². The van der Waals surface area contributed by atoms with E-state index in [0.29, 0.717) is 0 Å². The van der Waals surface area contributed by atoms with Gasteiger partial charge in [-0.05, 0) is 6.07 Å². The van der Waals surface area contributed by atoms with Gasteiger partial charge in [0.2, 0.25) is 0 Å². The third kappa shape index (κ3) is 3.07. The van der Waals surface area contributed by atoms with E-state index in [9.17, 15) is 10.1 Å². The van der Waals surface area contributed by atoms with E-state index in [1.807, 2.05) is 0 Å². The van der Waals surface area contributed by atoms with Crippen LogP contribution in [0, 0.1) is 10.1 Å². The number of anilines is 1. The summed E-state index contributed by atoms with van der Waals surface area (Å²) in [6, 6.07) is 3.86. The Labute approximate surface area is 91.8 Å². The maximum Gasteiger partial charge on any atom is 0.273 e. The molecule has 0 saturated carbocycles. The van der Waals surface area contributed by atoms with Crippen molar-refractivity contribution < 1.29 is 14.8 Å². The maximum atomic E-state index is 10.5. The van der Waals surface area contributed by atoms with E-state index in [-0.39, 0.29) is 30.3 Å². The first kappa shape index (κ1) is 12.2. The molecule has 0 aliphatic carbocycles. The van der Waals surface area contributed by atoms with Crippen LogP contribution in [0.15, 0.2) is 18.2 Å². The summed E-state index contributed by atoms with van der Waals surface area (Å²) >= 11 is 0. The predicted molar refractivity (Wildman–Crippen MR) is 58.1 cm³/mol. The van der Waals surface area contributed by atoms with Crippen molar-refractivity contribution in [1.29, 1.82) is 0 Å². The molecule has 1 aromatic rings. The minimum absolute atomic E-state index is 0.0504. The Morgan fingerprint density at radius 1 is 1.56 bits per heavy atom. The van der Waals surface area contributed by atoms with Gasteiger partial charge < -0.3 is 21.3 Å². The highest BCUT2D eigenvalue weighted by Crippen LogP contribution is 2.26. The first-order chi connectivity index (χ1) is 7.54. The molecule has 0 saturated heterocycles. The van der Waals surface area contributed by atoms with E-state index in [1.54, 1.807) is 0 Å². The molecule has 7 heteroatoms. The number of aliphatic hydroxyl groups is 1. The van der Waals surface area contributed by atoms with Crippen molar-refractivity contribution in [2.75, 3.05) is 18.9 Å². The standard InChI is InChI=1S/C9H13N3O4/c10-4-7(13)5-16-9-3-6(12(14)15)1-2-8(9)11/h1-3,7,13H,4-5,10-11H2. The van der Waals surface area contributed by atoms with E-state index < -0.39 is 11.0 Å². The second kappa shape index (κ2) is 5.29.